The van der Waals surface area contributed by atoms with E-state index in [2.05, 4.69) is 24.3 Å². The maximum absolute atomic E-state index is 12.4. The van der Waals surface area contributed by atoms with E-state index in [1.807, 2.05) is 43.5 Å². The average molecular weight is 350 g/mol. The van der Waals surface area contributed by atoms with Crippen LogP contribution in [-0.4, -0.2) is 10.3 Å². The lowest BCUT2D eigenvalue weighted by Gasteiger charge is -2.11. The molecule has 0 atom stereocenters. The fourth-order valence-corrected chi connectivity index (χ4v) is 3.61. The Hall–Kier alpha value is -2.46. The topological polar surface area (TPSA) is 48.0 Å². The summed E-state index contributed by atoms with van der Waals surface area (Å²) in [5, 5.41) is 0. The van der Waals surface area contributed by atoms with Gasteiger partial charge in [-0.15, -0.1) is 11.8 Å². The van der Waals surface area contributed by atoms with Crippen molar-refractivity contribution in [1.82, 2.24) is 4.57 Å². The smallest absolute Gasteiger partial charge is 0.251 e. The second kappa shape index (κ2) is 8.08. The third-order valence-corrected chi connectivity index (χ3v) is 5.29. The molecular formula is C21H22N2OS. The molecule has 0 bridgehead atoms. The van der Waals surface area contributed by atoms with Gasteiger partial charge in [-0.05, 0) is 42.2 Å². The van der Waals surface area contributed by atoms with E-state index < -0.39 is 0 Å². The number of aryl methyl sites for hydroxylation is 1. The zero-order valence-electron chi connectivity index (χ0n) is 14.3. The number of pyridine rings is 1. The molecule has 3 rings (SSSR count). The number of hydrogen-bond donors (Lipinski definition) is 1. The molecule has 0 spiro atoms. The molecule has 128 valence electrons. The Morgan fingerprint density at radius 3 is 2.60 bits per heavy atom. The van der Waals surface area contributed by atoms with Gasteiger partial charge in [0.25, 0.3) is 5.56 Å². The van der Waals surface area contributed by atoms with Crippen molar-refractivity contribution in [2.75, 3.05) is 11.5 Å². The van der Waals surface area contributed by atoms with Crippen LogP contribution in [0.1, 0.15) is 16.7 Å². The van der Waals surface area contributed by atoms with Gasteiger partial charge < -0.3 is 10.3 Å². The quantitative estimate of drug-likeness (QED) is 0.537. The van der Waals surface area contributed by atoms with Gasteiger partial charge in [-0.25, -0.2) is 0 Å². The van der Waals surface area contributed by atoms with Gasteiger partial charge >= 0.3 is 0 Å². The Bertz CT molecular complexity index is 903. The van der Waals surface area contributed by atoms with Crippen molar-refractivity contribution in [2.24, 2.45) is 0 Å². The normalized spacial score (nSPS) is 10.8. The second-order valence-corrected chi connectivity index (χ2v) is 7.21. The van der Waals surface area contributed by atoms with Crippen molar-refractivity contribution in [3.63, 3.8) is 0 Å². The lowest BCUT2D eigenvalue weighted by molar-refractivity contribution is 0.749. The second-order valence-electron chi connectivity index (χ2n) is 6.04. The molecule has 0 radical (unpaired) electrons. The van der Waals surface area contributed by atoms with Crippen LogP contribution in [0.25, 0.3) is 0 Å². The minimum atomic E-state index is 0.0199. The van der Waals surface area contributed by atoms with E-state index in [0.717, 1.165) is 33.9 Å². The van der Waals surface area contributed by atoms with Crippen molar-refractivity contribution in [1.29, 1.82) is 0 Å². The minimum absolute atomic E-state index is 0.0199. The summed E-state index contributed by atoms with van der Waals surface area (Å²) in [5.41, 5.74) is 10.2. The number of hydrogen-bond acceptors (Lipinski definition) is 3. The highest BCUT2D eigenvalue weighted by molar-refractivity contribution is 7.99. The third-order valence-electron chi connectivity index (χ3n) is 4.30. The van der Waals surface area contributed by atoms with E-state index in [0.29, 0.717) is 6.54 Å². The zero-order valence-corrected chi connectivity index (χ0v) is 15.1. The first-order valence-electron chi connectivity index (χ1n) is 8.34. The minimum Gasteiger partial charge on any atom is -0.399 e. The van der Waals surface area contributed by atoms with Crippen LogP contribution in [0.15, 0.2) is 76.6 Å². The SMILES string of the molecule is Cc1c(N)cccc1Cn1ccc(SCCc2ccccc2)cc1=O. The average Bonchev–Trinajstić information content (AvgIpc) is 2.62. The van der Waals surface area contributed by atoms with Crippen molar-refractivity contribution in [3.8, 4) is 0 Å². The first-order valence-corrected chi connectivity index (χ1v) is 9.33. The summed E-state index contributed by atoms with van der Waals surface area (Å²) in [5.74, 6) is 0.960. The molecule has 1 aromatic heterocycles. The molecule has 0 aliphatic carbocycles. The van der Waals surface area contributed by atoms with Crippen molar-refractivity contribution in [3.05, 3.63) is 93.9 Å². The molecule has 0 amide bonds. The van der Waals surface area contributed by atoms with E-state index >= 15 is 0 Å². The number of nitrogens with zero attached hydrogens (tertiary/aromatic N) is 1. The standard InChI is InChI=1S/C21H22N2OS/c1-16-18(8-5-9-20(16)22)15-23-12-10-19(14-21(23)24)25-13-11-17-6-3-2-4-7-17/h2-10,12,14H,11,13,15,22H2,1H3. The molecule has 0 unspecified atom stereocenters. The van der Waals surface area contributed by atoms with Crippen LogP contribution in [0.4, 0.5) is 5.69 Å². The number of anilines is 1. The summed E-state index contributed by atoms with van der Waals surface area (Å²) in [6, 6.07) is 20.0. The lowest BCUT2D eigenvalue weighted by Crippen LogP contribution is -2.19. The van der Waals surface area contributed by atoms with Crippen molar-refractivity contribution >= 4 is 17.4 Å². The highest BCUT2D eigenvalue weighted by atomic mass is 32.2. The molecule has 0 saturated carbocycles. The van der Waals surface area contributed by atoms with E-state index in [4.69, 9.17) is 5.73 Å². The van der Waals surface area contributed by atoms with Crippen LogP contribution in [0.3, 0.4) is 0 Å². The number of nitrogens with two attached hydrogens (primary N) is 1. The van der Waals surface area contributed by atoms with Crippen LogP contribution in [0.5, 0.6) is 0 Å². The fourth-order valence-electron chi connectivity index (χ4n) is 2.70. The molecular weight excluding hydrogens is 328 g/mol. The molecule has 3 aromatic rings. The van der Waals surface area contributed by atoms with Gasteiger partial charge in [-0.1, -0.05) is 42.5 Å². The monoisotopic (exact) mass is 350 g/mol. The van der Waals surface area contributed by atoms with Gasteiger partial charge in [0, 0.05) is 28.6 Å². The van der Waals surface area contributed by atoms with E-state index in [-0.39, 0.29) is 5.56 Å². The number of nitrogen functional groups attached to an aromatic ring is 1. The Balaban J connectivity index is 1.64. The molecule has 1 heterocycles. The lowest BCUT2D eigenvalue weighted by atomic mass is 10.1. The third kappa shape index (κ3) is 4.54. The summed E-state index contributed by atoms with van der Waals surface area (Å²) >= 11 is 1.72. The van der Waals surface area contributed by atoms with Gasteiger partial charge in [0.1, 0.15) is 0 Å². The first kappa shape index (κ1) is 17.4. The van der Waals surface area contributed by atoms with Crippen LogP contribution in [-0.2, 0) is 13.0 Å². The summed E-state index contributed by atoms with van der Waals surface area (Å²) < 4.78 is 1.73. The molecule has 0 fully saturated rings. The predicted molar refractivity (Wildman–Crippen MR) is 106 cm³/mol. The first-order chi connectivity index (χ1) is 12.1. The summed E-state index contributed by atoms with van der Waals surface area (Å²) in [6.45, 7) is 2.54. The predicted octanol–water partition coefficient (Wildman–Crippen LogP) is 4.12. The van der Waals surface area contributed by atoms with E-state index in [9.17, 15) is 4.79 Å². The maximum atomic E-state index is 12.4. The Labute approximate surface area is 152 Å². The largest absolute Gasteiger partial charge is 0.399 e. The summed E-state index contributed by atoms with van der Waals surface area (Å²) in [7, 11) is 0. The number of rotatable bonds is 6. The number of aromatic nitrogens is 1. The highest BCUT2D eigenvalue weighted by Gasteiger charge is 2.05. The van der Waals surface area contributed by atoms with Gasteiger partial charge in [-0.2, -0.15) is 0 Å². The Morgan fingerprint density at radius 1 is 1.04 bits per heavy atom. The molecule has 0 aliphatic heterocycles. The summed E-state index contributed by atoms with van der Waals surface area (Å²) in [6.07, 6.45) is 2.87. The summed E-state index contributed by atoms with van der Waals surface area (Å²) in [4.78, 5) is 13.4. The number of benzene rings is 2. The number of thioether (sulfide) groups is 1. The van der Waals surface area contributed by atoms with Crippen LogP contribution in [0.2, 0.25) is 0 Å². The molecule has 3 nitrogen and oxygen atoms in total. The van der Waals surface area contributed by atoms with Gasteiger partial charge in [0.05, 0.1) is 6.54 Å². The van der Waals surface area contributed by atoms with Crippen molar-refractivity contribution < 1.29 is 0 Å². The molecule has 0 saturated heterocycles. The molecule has 4 heteroatoms. The van der Waals surface area contributed by atoms with Gasteiger partial charge in [-0.3, -0.25) is 4.79 Å². The molecule has 25 heavy (non-hydrogen) atoms. The fraction of sp³-hybridized carbons (Fsp3) is 0.190. The molecule has 2 aromatic carbocycles. The van der Waals surface area contributed by atoms with Crippen LogP contribution < -0.4 is 11.3 Å². The molecule has 0 aliphatic rings. The van der Waals surface area contributed by atoms with Gasteiger partial charge in [0.15, 0.2) is 0 Å². The van der Waals surface area contributed by atoms with Crippen LogP contribution >= 0.6 is 11.8 Å². The van der Waals surface area contributed by atoms with Crippen LogP contribution in [0, 0.1) is 6.92 Å². The van der Waals surface area contributed by atoms with Gasteiger partial charge in [0.2, 0.25) is 0 Å². The van der Waals surface area contributed by atoms with E-state index in [1.54, 1.807) is 22.4 Å². The maximum Gasteiger partial charge on any atom is 0.251 e. The Morgan fingerprint density at radius 2 is 1.84 bits per heavy atom. The van der Waals surface area contributed by atoms with E-state index in [1.165, 1.54) is 5.56 Å². The molecule has 2 N–H and O–H groups in total. The highest BCUT2D eigenvalue weighted by Crippen LogP contribution is 2.19. The zero-order chi connectivity index (χ0) is 17.6. The van der Waals surface area contributed by atoms with Crippen molar-refractivity contribution in [2.45, 2.75) is 24.8 Å². The Kier molecular flexibility index (Phi) is 5.61.